The average molecular weight is 572 g/mol. The fraction of sp³-hybridized carbons (Fsp3) is 0.290. The second kappa shape index (κ2) is 10.6. The summed E-state index contributed by atoms with van der Waals surface area (Å²) < 4.78 is 35.7. The highest BCUT2D eigenvalue weighted by atomic mass is 32.2. The topological polar surface area (TPSA) is 114 Å². The summed E-state index contributed by atoms with van der Waals surface area (Å²) in [6.45, 7) is 10.4. The van der Waals surface area contributed by atoms with Crippen LogP contribution in [0.3, 0.4) is 0 Å². The van der Waals surface area contributed by atoms with Crippen molar-refractivity contribution in [3.05, 3.63) is 94.8 Å². The largest absolute Gasteiger partial charge is 0.466 e. The summed E-state index contributed by atoms with van der Waals surface area (Å²) in [5.74, 6) is -0.344. The number of anilines is 1. The van der Waals surface area contributed by atoms with Crippen LogP contribution in [-0.4, -0.2) is 47.8 Å². The van der Waals surface area contributed by atoms with E-state index in [0.29, 0.717) is 11.4 Å². The van der Waals surface area contributed by atoms with Crippen LogP contribution in [-0.2, 0) is 15.4 Å². The summed E-state index contributed by atoms with van der Waals surface area (Å²) in [6.07, 6.45) is 1.11. The average Bonchev–Trinajstić information content (AvgIpc) is 2.91. The van der Waals surface area contributed by atoms with Gasteiger partial charge in [-0.25, -0.2) is 18.1 Å². The molecule has 4 aromatic rings. The SMILES string of the molecule is Cc1cccc(C)c1-c1cc2nc(n1)NS(=O)(=O)c1cccc(c1)C(=O)N(C)CC(c1ccc(C(C)(C)C)cn1)O2. The lowest BCUT2D eigenvalue weighted by atomic mass is 9.88. The van der Waals surface area contributed by atoms with Gasteiger partial charge in [0.2, 0.25) is 11.8 Å². The number of nitrogens with one attached hydrogen (secondary N) is 1. The zero-order valence-corrected chi connectivity index (χ0v) is 24.8. The molecule has 1 N–H and O–H groups in total. The molecular formula is C31H33N5O4S. The number of sulfonamides is 1. The first-order valence-electron chi connectivity index (χ1n) is 13.3. The second-order valence-electron chi connectivity index (χ2n) is 11.3. The highest BCUT2D eigenvalue weighted by molar-refractivity contribution is 7.92. The summed E-state index contributed by atoms with van der Waals surface area (Å²) in [6, 6.07) is 17.4. The van der Waals surface area contributed by atoms with Crippen LogP contribution in [0, 0.1) is 13.8 Å². The zero-order valence-electron chi connectivity index (χ0n) is 24.0. The maximum atomic E-state index is 13.4. The van der Waals surface area contributed by atoms with Gasteiger partial charge in [0.1, 0.15) is 0 Å². The van der Waals surface area contributed by atoms with Crippen molar-refractivity contribution in [3.63, 3.8) is 0 Å². The number of pyridine rings is 1. The number of hydrogen-bond acceptors (Lipinski definition) is 7. The Labute approximate surface area is 240 Å². The third-order valence-electron chi connectivity index (χ3n) is 7.09. The number of fused-ring (bicyclic) bond motifs is 4. The molecule has 9 nitrogen and oxygen atoms in total. The molecule has 2 aromatic heterocycles. The first-order valence-corrected chi connectivity index (χ1v) is 14.8. The highest BCUT2D eigenvalue weighted by Crippen LogP contribution is 2.32. The van der Waals surface area contributed by atoms with E-state index in [1.165, 1.54) is 23.1 Å². The quantitative estimate of drug-likeness (QED) is 0.340. The lowest BCUT2D eigenvalue weighted by Gasteiger charge is -2.26. The molecule has 1 aliphatic rings. The first kappa shape index (κ1) is 28.2. The van der Waals surface area contributed by atoms with Gasteiger partial charge in [-0.3, -0.25) is 9.78 Å². The zero-order chi connectivity index (χ0) is 29.5. The smallest absolute Gasteiger partial charge is 0.264 e. The van der Waals surface area contributed by atoms with Crippen molar-refractivity contribution in [3.8, 4) is 17.1 Å². The Kier molecular flexibility index (Phi) is 7.29. The van der Waals surface area contributed by atoms with Gasteiger partial charge in [-0.15, -0.1) is 0 Å². The molecule has 10 heteroatoms. The van der Waals surface area contributed by atoms with E-state index in [1.54, 1.807) is 19.2 Å². The predicted octanol–water partition coefficient (Wildman–Crippen LogP) is 5.46. The van der Waals surface area contributed by atoms with Crippen molar-refractivity contribution in [1.29, 1.82) is 0 Å². The Hall–Kier alpha value is -4.31. The number of carbonyl (C=O) groups is 1. The van der Waals surface area contributed by atoms with E-state index < -0.39 is 16.1 Å². The molecule has 41 heavy (non-hydrogen) atoms. The van der Waals surface area contributed by atoms with Crippen LogP contribution in [0.2, 0.25) is 0 Å². The van der Waals surface area contributed by atoms with Crippen LogP contribution in [0.1, 0.15) is 59.6 Å². The second-order valence-corrected chi connectivity index (χ2v) is 13.0. The summed E-state index contributed by atoms with van der Waals surface area (Å²) >= 11 is 0. The molecule has 0 saturated carbocycles. The highest BCUT2D eigenvalue weighted by Gasteiger charge is 2.27. The molecule has 5 rings (SSSR count). The van der Waals surface area contributed by atoms with E-state index in [-0.39, 0.29) is 40.2 Å². The van der Waals surface area contributed by atoms with Crippen molar-refractivity contribution in [1.82, 2.24) is 19.9 Å². The fourth-order valence-corrected chi connectivity index (χ4v) is 5.77. The van der Waals surface area contributed by atoms with Crippen LogP contribution < -0.4 is 9.46 Å². The molecule has 1 aliphatic heterocycles. The normalized spacial score (nSPS) is 17.0. The maximum absolute atomic E-state index is 13.4. The minimum absolute atomic E-state index is 0.0736. The van der Waals surface area contributed by atoms with E-state index in [0.717, 1.165) is 22.3 Å². The number of amides is 1. The Bertz CT molecular complexity index is 1710. The molecule has 2 aromatic carbocycles. The summed E-state index contributed by atoms with van der Waals surface area (Å²) in [5, 5.41) is 0. The summed E-state index contributed by atoms with van der Waals surface area (Å²) in [4.78, 5) is 28.5. The lowest BCUT2D eigenvalue weighted by molar-refractivity contribution is 0.0702. The Balaban J connectivity index is 1.69. The van der Waals surface area contributed by atoms with E-state index in [9.17, 15) is 13.2 Å². The number of aromatic nitrogens is 3. The van der Waals surface area contributed by atoms with E-state index in [1.807, 2.05) is 50.4 Å². The number of benzene rings is 2. The van der Waals surface area contributed by atoms with Crippen LogP contribution in [0.15, 0.2) is 71.8 Å². The van der Waals surface area contributed by atoms with Gasteiger partial charge in [0, 0.05) is 30.4 Å². The van der Waals surface area contributed by atoms with Gasteiger partial charge in [-0.05, 0) is 60.2 Å². The molecule has 0 fully saturated rings. The third kappa shape index (κ3) is 5.92. The van der Waals surface area contributed by atoms with Gasteiger partial charge < -0.3 is 9.64 Å². The van der Waals surface area contributed by atoms with Crippen molar-refractivity contribution in [2.24, 2.45) is 0 Å². The Morgan fingerprint density at radius 3 is 2.34 bits per heavy atom. The van der Waals surface area contributed by atoms with E-state index in [4.69, 9.17) is 9.72 Å². The first-order chi connectivity index (χ1) is 19.3. The molecule has 1 unspecified atom stereocenters. The third-order valence-corrected chi connectivity index (χ3v) is 8.41. The maximum Gasteiger partial charge on any atom is 0.264 e. The predicted molar refractivity (Wildman–Crippen MR) is 157 cm³/mol. The van der Waals surface area contributed by atoms with Crippen molar-refractivity contribution in [2.75, 3.05) is 18.3 Å². The number of carbonyl (C=O) groups excluding carboxylic acids is 1. The molecular weight excluding hydrogens is 538 g/mol. The Morgan fingerprint density at radius 1 is 0.976 bits per heavy atom. The number of hydrogen-bond donors (Lipinski definition) is 1. The molecule has 3 heterocycles. The number of likely N-dealkylation sites (N-methyl/N-ethyl adjacent to an activating group) is 1. The van der Waals surface area contributed by atoms with E-state index in [2.05, 4.69) is 35.5 Å². The number of ether oxygens (including phenoxy) is 1. The lowest BCUT2D eigenvalue weighted by Crippen LogP contribution is -2.33. The number of rotatable bonds is 2. The van der Waals surface area contributed by atoms with Crippen LogP contribution in [0.4, 0.5) is 5.95 Å². The van der Waals surface area contributed by atoms with Crippen molar-refractivity contribution < 1.29 is 17.9 Å². The minimum atomic E-state index is -4.12. The molecule has 0 saturated heterocycles. The summed E-state index contributed by atoms with van der Waals surface area (Å²) in [7, 11) is -2.47. The van der Waals surface area contributed by atoms with Gasteiger partial charge in [0.25, 0.3) is 15.9 Å². The van der Waals surface area contributed by atoms with Gasteiger partial charge in [-0.1, -0.05) is 51.1 Å². The molecule has 1 atom stereocenters. The molecule has 0 spiro atoms. The van der Waals surface area contributed by atoms with Gasteiger partial charge in [-0.2, -0.15) is 4.98 Å². The molecule has 0 radical (unpaired) electrons. The fourth-order valence-electron chi connectivity index (χ4n) is 4.78. The van der Waals surface area contributed by atoms with Crippen molar-refractivity contribution in [2.45, 2.75) is 51.0 Å². The minimum Gasteiger partial charge on any atom is -0.466 e. The van der Waals surface area contributed by atoms with Crippen molar-refractivity contribution >= 4 is 21.9 Å². The van der Waals surface area contributed by atoms with E-state index >= 15 is 0 Å². The molecule has 4 bridgehead atoms. The van der Waals surface area contributed by atoms with Gasteiger partial charge in [0.05, 0.1) is 22.8 Å². The van der Waals surface area contributed by atoms with Crippen LogP contribution >= 0.6 is 0 Å². The molecule has 0 aliphatic carbocycles. The summed E-state index contributed by atoms with van der Waals surface area (Å²) in [5.41, 5.74) is 5.10. The number of aryl methyl sites for hydroxylation is 2. The number of nitrogens with zero attached hydrogens (tertiary/aromatic N) is 4. The van der Waals surface area contributed by atoms with Gasteiger partial charge >= 0.3 is 0 Å². The Morgan fingerprint density at radius 2 is 1.68 bits per heavy atom. The van der Waals surface area contributed by atoms with Crippen LogP contribution in [0.25, 0.3) is 11.3 Å². The van der Waals surface area contributed by atoms with Crippen LogP contribution in [0.5, 0.6) is 5.88 Å². The molecule has 1 amide bonds. The van der Waals surface area contributed by atoms with Gasteiger partial charge in [0.15, 0.2) is 6.10 Å². The molecule has 212 valence electrons. The standard InChI is InChI=1S/C31H33N5O4S/c1-19-9-7-10-20(2)28(19)25-16-27-34-30(33-25)35-41(38,39)23-12-8-11-21(15-23)29(37)36(6)18-26(40-27)24-14-13-22(17-32-24)31(3,4)5/h7-17,26H,18H2,1-6H3,(H,33,34,35). The monoisotopic (exact) mass is 571 g/mol.